The third-order valence-electron chi connectivity index (χ3n) is 2.30. The summed E-state index contributed by atoms with van der Waals surface area (Å²) in [6.07, 6.45) is 0.813. The number of amides is 1. The minimum Gasteiger partial charge on any atom is -0.464 e. The van der Waals surface area contributed by atoms with Crippen LogP contribution in [-0.4, -0.2) is 28.7 Å². The maximum atomic E-state index is 11.2. The number of carbonyl (C=O) groups excluding carboxylic acids is 1. The summed E-state index contributed by atoms with van der Waals surface area (Å²) in [6.45, 7) is 1.75. The molecule has 0 spiro atoms. The average molecular weight is 256 g/mol. The summed E-state index contributed by atoms with van der Waals surface area (Å²) in [4.78, 5) is 15.3. The summed E-state index contributed by atoms with van der Waals surface area (Å²) < 4.78 is 9.65. The minimum absolute atomic E-state index is 0.281. The molecule has 2 N–H and O–H groups in total. The Labute approximate surface area is 102 Å². The molecule has 1 aliphatic rings. The maximum Gasteiger partial charge on any atom is 0.407 e. The van der Waals surface area contributed by atoms with E-state index in [1.54, 1.807) is 19.1 Å². The Morgan fingerprint density at radius 1 is 1.76 bits per heavy atom. The lowest BCUT2D eigenvalue weighted by Gasteiger charge is -2.24. The van der Waals surface area contributed by atoms with Crippen LogP contribution in [-0.2, 0) is 10.5 Å². The van der Waals surface area contributed by atoms with Crippen LogP contribution in [0.3, 0.4) is 0 Å². The fourth-order valence-corrected chi connectivity index (χ4v) is 2.57. The van der Waals surface area contributed by atoms with Gasteiger partial charge < -0.3 is 19.6 Å². The van der Waals surface area contributed by atoms with Gasteiger partial charge in [-0.2, -0.15) is 0 Å². The molecule has 17 heavy (non-hydrogen) atoms. The second-order valence-corrected chi connectivity index (χ2v) is 4.77. The monoisotopic (exact) mass is 256 g/mol. The van der Waals surface area contributed by atoms with Gasteiger partial charge in [-0.3, -0.25) is 0 Å². The van der Waals surface area contributed by atoms with Crippen molar-refractivity contribution in [2.24, 2.45) is 4.99 Å². The summed E-state index contributed by atoms with van der Waals surface area (Å²) >= 11 is 1.24. The molecule has 0 radical (unpaired) electrons. The molecule has 6 nitrogen and oxygen atoms in total. The highest BCUT2D eigenvalue weighted by molar-refractivity contribution is 8.14. The number of ether oxygens (including phenoxy) is 1. The normalized spacial score (nSPS) is 27.7. The molecule has 0 aromatic carbocycles. The standard InChI is InChI=1S/C10H12N2O4S/c1-6-12-10(14,7-4-3-5-16-7)8(17-6)11-9(13)15-2/h3-5,8,14H,1-2H3,(H,11,13). The highest BCUT2D eigenvalue weighted by Crippen LogP contribution is 2.40. The lowest BCUT2D eigenvalue weighted by molar-refractivity contribution is 0.0163. The number of furan rings is 1. The SMILES string of the molecule is COC(=O)NC1SC(C)=NC1(O)c1ccco1. The Kier molecular flexibility index (Phi) is 3.12. The Hall–Kier alpha value is -1.47. The summed E-state index contributed by atoms with van der Waals surface area (Å²) in [6, 6.07) is 3.25. The zero-order valence-corrected chi connectivity index (χ0v) is 10.2. The van der Waals surface area contributed by atoms with Crippen LogP contribution in [0.4, 0.5) is 4.79 Å². The van der Waals surface area contributed by atoms with E-state index in [1.165, 1.54) is 25.1 Å². The number of aliphatic hydroxyl groups is 1. The van der Waals surface area contributed by atoms with E-state index in [9.17, 15) is 9.90 Å². The van der Waals surface area contributed by atoms with Gasteiger partial charge in [0.1, 0.15) is 5.37 Å². The van der Waals surface area contributed by atoms with Gasteiger partial charge in [-0.1, -0.05) is 11.8 Å². The molecular weight excluding hydrogens is 244 g/mol. The van der Waals surface area contributed by atoms with Gasteiger partial charge in [0.15, 0.2) is 5.76 Å². The topological polar surface area (TPSA) is 84.1 Å². The van der Waals surface area contributed by atoms with E-state index >= 15 is 0 Å². The molecule has 0 saturated carbocycles. The fourth-order valence-electron chi connectivity index (χ4n) is 1.55. The van der Waals surface area contributed by atoms with Gasteiger partial charge in [-0.05, 0) is 19.1 Å². The molecule has 2 unspecified atom stereocenters. The smallest absolute Gasteiger partial charge is 0.407 e. The molecule has 0 aliphatic carbocycles. The van der Waals surface area contributed by atoms with Gasteiger partial charge in [0.05, 0.1) is 18.4 Å². The van der Waals surface area contributed by atoms with Gasteiger partial charge in [-0.25, -0.2) is 9.79 Å². The van der Waals surface area contributed by atoms with Crippen LogP contribution >= 0.6 is 11.8 Å². The molecule has 0 bridgehead atoms. The van der Waals surface area contributed by atoms with Crippen molar-refractivity contribution in [2.75, 3.05) is 7.11 Å². The van der Waals surface area contributed by atoms with Crippen molar-refractivity contribution < 1.29 is 19.1 Å². The first-order valence-corrected chi connectivity index (χ1v) is 5.78. The summed E-state index contributed by atoms with van der Waals surface area (Å²) in [7, 11) is 1.26. The van der Waals surface area contributed by atoms with Crippen molar-refractivity contribution in [3.8, 4) is 0 Å². The second kappa shape index (κ2) is 4.42. The van der Waals surface area contributed by atoms with Crippen LogP contribution in [0.25, 0.3) is 0 Å². The fraction of sp³-hybridized carbons (Fsp3) is 0.400. The van der Waals surface area contributed by atoms with E-state index in [0.717, 1.165) is 0 Å². The second-order valence-electron chi connectivity index (χ2n) is 3.47. The van der Waals surface area contributed by atoms with Crippen LogP contribution in [0.15, 0.2) is 27.8 Å². The number of rotatable bonds is 2. The number of alkyl carbamates (subject to hydrolysis) is 1. The van der Waals surface area contributed by atoms with E-state index in [1.807, 2.05) is 0 Å². The molecule has 1 aromatic rings. The molecule has 1 amide bonds. The number of nitrogens with zero attached hydrogens (tertiary/aromatic N) is 1. The molecule has 2 atom stereocenters. The highest BCUT2D eigenvalue weighted by atomic mass is 32.2. The largest absolute Gasteiger partial charge is 0.464 e. The summed E-state index contributed by atoms with van der Waals surface area (Å²) in [5, 5.41) is 13.0. The number of methoxy groups -OCH3 is 1. The minimum atomic E-state index is -1.59. The lowest BCUT2D eigenvalue weighted by atomic mass is 10.1. The molecule has 1 aliphatic heterocycles. The van der Waals surface area contributed by atoms with Crippen molar-refractivity contribution in [3.63, 3.8) is 0 Å². The third-order valence-corrected chi connectivity index (χ3v) is 3.41. The summed E-state index contributed by atoms with van der Waals surface area (Å²) in [5.74, 6) is 0.281. The average Bonchev–Trinajstić information content (AvgIpc) is 2.88. The Balaban J connectivity index is 2.26. The van der Waals surface area contributed by atoms with Gasteiger partial charge in [0, 0.05) is 0 Å². The van der Waals surface area contributed by atoms with E-state index in [0.29, 0.717) is 5.04 Å². The first kappa shape index (κ1) is 12.0. The quantitative estimate of drug-likeness (QED) is 0.832. The van der Waals surface area contributed by atoms with Gasteiger partial charge in [0.2, 0.25) is 5.72 Å². The number of carbonyl (C=O) groups is 1. The van der Waals surface area contributed by atoms with E-state index in [4.69, 9.17) is 4.42 Å². The zero-order chi connectivity index (χ0) is 12.5. The number of nitrogens with one attached hydrogen (secondary N) is 1. The third kappa shape index (κ3) is 2.16. The number of thioether (sulfide) groups is 1. The molecule has 1 aromatic heterocycles. The van der Waals surface area contributed by atoms with Crippen LogP contribution in [0.1, 0.15) is 12.7 Å². The highest BCUT2D eigenvalue weighted by Gasteiger charge is 2.47. The van der Waals surface area contributed by atoms with Crippen LogP contribution in [0.5, 0.6) is 0 Å². The first-order chi connectivity index (χ1) is 8.06. The number of hydrogen-bond acceptors (Lipinski definition) is 6. The zero-order valence-electron chi connectivity index (χ0n) is 9.34. The van der Waals surface area contributed by atoms with E-state index in [-0.39, 0.29) is 5.76 Å². The molecule has 2 rings (SSSR count). The van der Waals surface area contributed by atoms with Gasteiger partial charge in [0.25, 0.3) is 0 Å². The van der Waals surface area contributed by atoms with Gasteiger partial charge >= 0.3 is 6.09 Å². The Bertz CT molecular complexity index is 445. The molecule has 0 fully saturated rings. The summed E-state index contributed by atoms with van der Waals surface area (Å²) in [5.41, 5.74) is -1.59. The number of hydrogen-bond donors (Lipinski definition) is 2. The molecule has 92 valence electrons. The molecule has 0 saturated heterocycles. The van der Waals surface area contributed by atoms with Crippen molar-refractivity contribution in [1.29, 1.82) is 0 Å². The van der Waals surface area contributed by atoms with Crippen molar-refractivity contribution in [3.05, 3.63) is 24.2 Å². The maximum absolute atomic E-state index is 11.2. The van der Waals surface area contributed by atoms with Crippen molar-refractivity contribution in [2.45, 2.75) is 18.0 Å². The first-order valence-electron chi connectivity index (χ1n) is 4.90. The van der Waals surface area contributed by atoms with Gasteiger partial charge in [-0.15, -0.1) is 0 Å². The van der Waals surface area contributed by atoms with E-state index < -0.39 is 17.2 Å². The van der Waals surface area contributed by atoms with Crippen LogP contribution in [0.2, 0.25) is 0 Å². The van der Waals surface area contributed by atoms with E-state index in [2.05, 4.69) is 15.0 Å². The Morgan fingerprint density at radius 2 is 2.53 bits per heavy atom. The molecular formula is C10H12N2O4S. The number of aliphatic imine (C=N–C) groups is 1. The van der Waals surface area contributed by atoms with Crippen molar-refractivity contribution in [1.82, 2.24) is 5.32 Å². The lowest BCUT2D eigenvalue weighted by Crippen LogP contribution is -2.45. The predicted octanol–water partition coefficient (Wildman–Crippen LogP) is 1.27. The van der Waals surface area contributed by atoms with Crippen molar-refractivity contribution >= 4 is 22.9 Å². The Morgan fingerprint density at radius 3 is 3.12 bits per heavy atom. The van der Waals surface area contributed by atoms with Crippen LogP contribution < -0.4 is 5.32 Å². The molecule has 7 heteroatoms. The van der Waals surface area contributed by atoms with Crippen LogP contribution in [0, 0.1) is 0 Å². The predicted molar refractivity (Wildman–Crippen MR) is 62.6 cm³/mol. The molecule has 2 heterocycles.